The molecule has 2 heteroatoms. The van der Waals surface area contributed by atoms with Gasteiger partial charge in [0.05, 0.1) is 5.69 Å². The van der Waals surface area contributed by atoms with Gasteiger partial charge in [0.1, 0.15) is 5.76 Å². The van der Waals surface area contributed by atoms with Crippen LogP contribution < -0.4 is 0 Å². The Balaban J connectivity index is 2.70. The third-order valence-corrected chi connectivity index (χ3v) is 1.53. The third-order valence-electron chi connectivity index (χ3n) is 1.53. The molecule has 0 saturated heterocycles. The molecule has 0 aliphatic rings. The highest BCUT2D eigenvalue weighted by atomic mass is 16.3. The summed E-state index contributed by atoms with van der Waals surface area (Å²) in [7, 11) is 0. The number of hydrogen-bond acceptors (Lipinski definition) is 2. The van der Waals surface area contributed by atoms with Gasteiger partial charge in [0.25, 0.3) is 0 Å². The van der Waals surface area contributed by atoms with Crippen molar-refractivity contribution in [1.82, 2.24) is 4.98 Å². The largest absolute Gasteiger partial charge is 0.448 e. The van der Waals surface area contributed by atoms with Crippen molar-refractivity contribution in [2.45, 2.75) is 33.1 Å². The Morgan fingerprint density at radius 2 is 2.30 bits per heavy atom. The van der Waals surface area contributed by atoms with E-state index >= 15 is 0 Å². The molecular formula is C8H13NO. The van der Waals surface area contributed by atoms with Crippen molar-refractivity contribution < 1.29 is 4.42 Å². The van der Waals surface area contributed by atoms with E-state index in [-0.39, 0.29) is 0 Å². The quantitative estimate of drug-likeness (QED) is 0.641. The predicted molar refractivity (Wildman–Crippen MR) is 39.9 cm³/mol. The fourth-order valence-electron chi connectivity index (χ4n) is 1.02. The normalized spacial score (nSPS) is 10.2. The van der Waals surface area contributed by atoms with Gasteiger partial charge in [-0.1, -0.05) is 20.3 Å². The van der Waals surface area contributed by atoms with Crippen molar-refractivity contribution in [3.05, 3.63) is 17.8 Å². The summed E-state index contributed by atoms with van der Waals surface area (Å²) in [5.41, 5.74) is 1.13. The Hall–Kier alpha value is -0.790. The highest BCUT2D eigenvalue weighted by Crippen LogP contribution is 2.08. The number of hydrogen-bond donors (Lipinski definition) is 0. The summed E-state index contributed by atoms with van der Waals surface area (Å²) in [5.74, 6) is 1.04. The van der Waals surface area contributed by atoms with Crippen LogP contribution in [0.1, 0.15) is 31.7 Å². The van der Waals surface area contributed by atoms with Crippen LogP contribution in [0.5, 0.6) is 0 Å². The Bertz CT molecular complexity index is 193. The second-order valence-electron chi connectivity index (χ2n) is 2.33. The van der Waals surface area contributed by atoms with Crippen LogP contribution in [0.2, 0.25) is 0 Å². The molecule has 0 N–H and O–H groups in total. The zero-order chi connectivity index (χ0) is 7.40. The summed E-state index contributed by atoms with van der Waals surface area (Å²) in [6.07, 6.45) is 4.67. The van der Waals surface area contributed by atoms with Gasteiger partial charge in [0.2, 0.25) is 0 Å². The summed E-state index contributed by atoms with van der Waals surface area (Å²) in [6, 6.07) is 0. The molecule has 0 fully saturated rings. The second kappa shape index (κ2) is 3.40. The molecular weight excluding hydrogens is 126 g/mol. The molecule has 1 rings (SSSR count). The van der Waals surface area contributed by atoms with E-state index in [1.165, 1.54) is 6.39 Å². The lowest BCUT2D eigenvalue weighted by Gasteiger charge is -1.92. The van der Waals surface area contributed by atoms with Gasteiger partial charge in [-0.2, -0.15) is 0 Å². The molecule has 0 unspecified atom stereocenters. The molecule has 1 aromatic heterocycles. The molecule has 0 radical (unpaired) electrons. The molecule has 0 aliphatic carbocycles. The fraction of sp³-hybridized carbons (Fsp3) is 0.625. The molecule has 0 spiro atoms. The Kier molecular flexibility index (Phi) is 2.49. The topological polar surface area (TPSA) is 26.0 Å². The Morgan fingerprint density at radius 1 is 1.50 bits per heavy atom. The Labute approximate surface area is 61.3 Å². The van der Waals surface area contributed by atoms with Gasteiger partial charge in [0, 0.05) is 6.42 Å². The molecule has 0 amide bonds. The van der Waals surface area contributed by atoms with Crippen LogP contribution in [0.3, 0.4) is 0 Å². The fourth-order valence-corrected chi connectivity index (χ4v) is 1.02. The SMILES string of the molecule is CCCc1ncoc1CC. The molecule has 0 saturated carbocycles. The lowest BCUT2D eigenvalue weighted by molar-refractivity contribution is 0.506. The van der Waals surface area contributed by atoms with Crippen molar-refractivity contribution in [2.75, 3.05) is 0 Å². The van der Waals surface area contributed by atoms with Crippen LogP contribution in [-0.2, 0) is 12.8 Å². The van der Waals surface area contributed by atoms with E-state index < -0.39 is 0 Å². The minimum Gasteiger partial charge on any atom is -0.448 e. The average Bonchev–Trinajstić information content (AvgIpc) is 2.36. The van der Waals surface area contributed by atoms with E-state index in [1.807, 2.05) is 0 Å². The van der Waals surface area contributed by atoms with E-state index in [0.717, 1.165) is 30.7 Å². The van der Waals surface area contributed by atoms with Gasteiger partial charge >= 0.3 is 0 Å². The van der Waals surface area contributed by atoms with Crippen LogP contribution in [-0.4, -0.2) is 4.98 Å². The maximum Gasteiger partial charge on any atom is 0.181 e. The van der Waals surface area contributed by atoms with E-state index in [4.69, 9.17) is 4.42 Å². The standard InChI is InChI=1S/C8H13NO/c1-3-5-7-8(4-2)10-6-9-7/h6H,3-5H2,1-2H3. The lowest BCUT2D eigenvalue weighted by atomic mass is 10.2. The van der Waals surface area contributed by atoms with E-state index in [1.54, 1.807) is 0 Å². The summed E-state index contributed by atoms with van der Waals surface area (Å²) in [6.45, 7) is 4.23. The smallest absolute Gasteiger partial charge is 0.181 e. The highest BCUT2D eigenvalue weighted by molar-refractivity contribution is 5.06. The maximum absolute atomic E-state index is 5.16. The number of aryl methyl sites for hydroxylation is 2. The van der Waals surface area contributed by atoms with Crippen molar-refractivity contribution >= 4 is 0 Å². The molecule has 0 atom stereocenters. The number of rotatable bonds is 3. The van der Waals surface area contributed by atoms with Crippen molar-refractivity contribution in [2.24, 2.45) is 0 Å². The molecule has 0 aliphatic heterocycles. The molecule has 0 bridgehead atoms. The summed E-state index contributed by atoms with van der Waals surface area (Å²) in [4.78, 5) is 4.11. The van der Waals surface area contributed by atoms with Crippen LogP contribution in [0, 0.1) is 0 Å². The van der Waals surface area contributed by atoms with Gasteiger partial charge in [-0.05, 0) is 6.42 Å². The van der Waals surface area contributed by atoms with E-state index in [0.29, 0.717) is 0 Å². The van der Waals surface area contributed by atoms with Crippen molar-refractivity contribution in [1.29, 1.82) is 0 Å². The molecule has 1 aromatic rings. The minimum absolute atomic E-state index is 0.954. The molecule has 0 aromatic carbocycles. The monoisotopic (exact) mass is 139 g/mol. The predicted octanol–water partition coefficient (Wildman–Crippen LogP) is 2.19. The summed E-state index contributed by atoms with van der Waals surface area (Å²) < 4.78 is 5.16. The molecule has 2 nitrogen and oxygen atoms in total. The number of oxazole rings is 1. The molecule has 56 valence electrons. The van der Waals surface area contributed by atoms with Crippen LogP contribution >= 0.6 is 0 Å². The van der Waals surface area contributed by atoms with Crippen molar-refractivity contribution in [3.63, 3.8) is 0 Å². The third kappa shape index (κ3) is 1.38. The van der Waals surface area contributed by atoms with Crippen LogP contribution in [0.15, 0.2) is 10.8 Å². The first kappa shape index (κ1) is 7.32. The summed E-state index contributed by atoms with van der Waals surface area (Å²) in [5, 5.41) is 0. The summed E-state index contributed by atoms with van der Waals surface area (Å²) >= 11 is 0. The first-order valence-corrected chi connectivity index (χ1v) is 3.79. The minimum atomic E-state index is 0.954. The highest BCUT2D eigenvalue weighted by Gasteiger charge is 2.02. The molecule has 1 heterocycles. The average molecular weight is 139 g/mol. The van der Waals surface area contributed by atoms with Gasteiger partial charge in [-0.3, -0.25) is 0 Å². The van der Waals surface area contributed by atoms with E-state index in [9.17, 15) is 0 Å². The van der Waals surface area contributed by atoms with Crippen LogP contribution in [0.25, 0.3) is 0 Å². The number of aromatic nitrogens is 1. The molecule has 10 heavy (non-hydrogen) atoms. The van der Waals surface area contributed by atoms with Gasteiger partial charge in [-0.25, -0.2) is 4.98 Å². The number of nitrogens with zero attached hydrogens (tertiary/aromatic N) is 1. The maximum atomic E-state index is 5.16. The van der Waals surface area contributed by atoms with E-state index in [2.05, 4.69) is 18.8 Å². The van der Waals surface area contributed by atoms with Gasteiger partial charge < -0.3 is 4.42 Å². The van der Waals surface area contributed by atoms with Gasteiger partial charge in [0.15, 0.2) is 6.39 Å². The van der Waals surface area contributed by atoms with Crippen molar-refractivity contribution in [3.8, 4) is 0 Å². The lowest BCUT2D eigenvalue weighted by Crippen LogP contribution is -1.88. The Morgan fingerprint density at radius 3 is 2.90 bits per heavy atom. The first-order chi connectivity index (χ1) is 4.88. The zero-order valence-electron chi connectivity index (χ0n) is 6.55. The van der Waals surface area contributed by atoms with Crippen LogP contribution in [0.4, 0.5) is 0 Å². The first-order valence-electron chi connectivity index (χ1n) is 3.79. The second-order valence-corrected chi connectivity index (χ2v) is 2.33. The van der Waals surface area contributed by atoms with Gasteiger partial charge in [-0.15, -0.1) is 0 Å². The zero-order valence-corrected chi connectivity index (χ0v) is 6.55.